The quantitative estimate of drug-likeness (QED) is 0.282. The lowest BCUT2D eigenvalue weighted by Crippen LogP contribution is -2.01. The lowest BCUT2D eigenvalue weighted by Gasteiger charge is -2.18. The molecule has 0 amide bonds. The normalized spacial score (nSPS) is 11.8. The van der Waals surface area contributed by atoms with Crippen LogP contribution >= 0.6 is 11.3 Å². The van der Waals surface area contributed by atoms with Gasteiger partial charge >= 0.3 is 5.97 Å². The van der Waals surface area contributed by atoms with Gasteiger partial charge in [-0.3, -0.25) is 0 Å². The van der Waals surface area contributed by atoms with Crippen molar-refractivity contribution in [3.05, 3.63) is 82.1 Å². The van der Waals surface area contributed by atoms with E-state index in [9.17, 15) is 4.79 Å². The van der Waals surface area contributed by atoms with Crippen LogP contribution in [0.1, 0.15) is 37.6 Å². The molecule has 3 nitrogen and oxygen atoms in total. The zero-order valence-electron chi connectivity index (χ0n) is 18.2. The summed E-state index contributed by atoms with van der Waals surface area (Å²) in [5, 5.41) is 11.0. The second-order valence-corrected chi connectivity index (χ2v) is 8.29. The molecule has 0 spiro atoms. The van der Waals surface area contributed by atoms with Crippen LogP contribution in [0.4, 0.5) is 0 Å². The van der Waals surface area contributed by atoms with Crippen LogP contribution in [0.2, 0.25) is 0 Å². The SMILES string of the molecule is CCCOc1c(-c2ccccc2)cc(CC)cc1-c1ccsc1/C=C/C(C)=C/C(=O)O. The van der Waals surface area contributed by atoms with Crippen LogP contribution in [0.15, 0.2) is 71.6 Å². The van der Waals surface area contributed by atoms with E-state index < -0.39 is 5.97 Å². The van der Waals surface area contributed by atoms with E-state index in [-0.39, 0.29) is 0 Å². The van der Waals surface area contributed by atoms with Gasteiger partial charge in [-0.2, -0.15) is 0 Å². The number of rotatable bonds is 9. The minimum atomic E-state index is -0.938. The Morgan fingerprint density at radius 3 is 2.48 bits per heavy atom. The molecule has 0 atom stereocenters. The van der Waals surface area contributed by atoms with Crippen molar-refractivity contribution in [2.75, 3.05) is 6.61 Å². The fraction of sp³-hybridized carbons (Fsp3) is 0.222. The highest BCUT2D eigenvalue weighted by Gasteiger charge is 2.17. The number of aryl methyl sites for hydroxylation is 1. The predicted molar refractivity (Wildman–Crippen MR) is 131 cm³/mol. The van der Waals surface area contributed by atoms with Crippen LogP contribution in [-0.2, 0) is 11.2 Å². The Hall–Kier alpha value is -3.11. The van der Waals surface area contributed by atoms with E-state index in [4.69, 9.17) is 9.84 Å². The first kappa shape index (κ1) is 22.6. The first-order chi connectivity index (χ1) is 15.0. The Morgan fingerprint density at radius 2 is 1.81 bits per heavy atom. The third-order valence-electron chi connectivity index (χ3n) is 4.93. The van der Waals surface area contributed by atoms with Crippen LogP contribution < -0.4 is 4.74 Å². The summed E-state index contributed by atoms with van der Waals surface area (Å²) in [6.45, 7) is 6.71. The van der Waals surface area contributed by atoms with Crippen molar-refractivity contribution in [1.29, 1.82) is 0 Å². The lowest BCUT2D eigenvalue weighted by atomic mass is 9.93. The highest BCUT2D eigenvalue weighted by atomic mass is 32.1. The zero-order valence-corrected chi connectivity index (χ0v) is 19.0. The topological polar surface area (TPSA) is 46.5 Å². The van der Waals surface area contributed by atoms with Crippen molar-refractivity contribution in [1.82, 2.24) is 0 Å². The van der Waals surface area contributed by atoms with Gasteiger partial charge in [0.05, 0.1) is 6.61 Å². The summed E-state index contributed by atoms with van der Waals surface area (Å²) in [6, 6.07) is 16.9. The fourth-order valence-electron chi connectivity index (χ4n) is 3.41. The van der Waals surface area contributed by atoms with Gasteiger partial charge in [0.25, 0.3) is 0 Å². The Morgan fingerprint density at radius 1 is 1.06 bits per heavy atom. The molecule has 0 saturated carbocycles. The summed E-state index contributed by atoms with van der Waals surface area (Å²) < 4.78 is 6.32. The van der Waals surface area contributed by atoms with Crippen molar-refractivity contribution in [3.8, 4) is 28.0 Å². The van der Waals surface area contributed by atoms with Crippen LogP contribution in [0.25, 0.3) is 28.3 Å². The molecule has 3 aromatic rings. The molecule has 160 valence electrons. The molecule has 0 bridgehead atoms. The van der Waals surface area contributed by atoms with Crippen molar-refractivity contribution >= 4 is 23.4 Å². The summed E-state index contributed by atoms with van der Waals surface area (Å²) in [7, 11) is 0. The predicted octanol–water partition coefficient (Wildman–Crippen LogP) is 7.48. The van der Waals surface area contributed by atoms with Gasteiger partial charge in [0.1, 0.15) is 5.75 Å². The molecule has 1 heterocycles. The average Bonchev–Trinajstić information content (AvgIpc) is 3.24. The first-order valence-corrected chi connectivity index (χ1v) is 11.4. The van der Waals surface area contributed by atoms with E-state index in [2.05, 4.69) is 49.6 Å². The number of carbonyl (C=O) groups is 1. The number of hydrogen-bond acceptors (Lipinski definition) is 3. The molecule has 0 aliphatic heterocycles. The molecule has 0 aliphatic carbocycles. The number of carboxylic acids is 1. The molecule has 31 heavy (non-hydrogen) atoms. The summed E-state index contributed by atoms with van der Waals surface area (Å²) in [5.74, 6) is -0.0388. The number of thiophene rings is 1. The third kappa shape index (κ3) is 5.74. The van der Waals surface area contributed by atoms with E-state index >= 15 is 0 Å². The van der Waals surface area contributed by atoms with E-state index in [1.165, 1.54) is 11.6 Å². The van der Waals surface area contributed by atoms with E-state index in [0.717, 1.165) is 45.7 Å². The highest BCUT2D eigenvalue weighted by Crippen LogP contribution is 2.43. The molecule has 0 aliphatic rings. The van der Waals surface area contributed by atoms with Crippen molar-refractivity contribution in [3.63, 3.8) is 0 Å². The third-order valence-corrected chi connectivity index (χ3v) is 5.81. The van der Waals surface area contributed by atoms with E-state index in [1.54, 1.807) is 18.3 Å². The number of benzene rings is 2. The Balaban J connectivity index is 2.16. The number of carboxylic acid groups (broad SMARTS) is 1. The van der Waals surface area contributed by atoms with Gasteiger partial charge in [-0.15, -0.1) is 11.3 Å². The maximum Gasteiger partial charge on any atom is 0.328 e. The van der Waals surface area contributed by atoms with Gasteiger partial charge in [0, 0.05) is 27.6 Å². The molecule has 2 aromatic carbocycles. The molecule has 0 unspecified atom stereocenters. The lowest BCUT2D eigenvalue weighted by molar-refractivity contribution is -0.131. The largest absolute Gasteiger partial charge is 0.492 e. The summed E-state index contributed by atoms with van der Waals surface area (Å²) in [4.78, 5) is 12.0. The van der Waals surface area contributed by atoms with Gasteiger partial charge in [-0.1, -0.05) is 50.3 Å². The second kappa shape index (κ2) is 10.8. The zero-order chi connectivity index (χ0) is 22.2. The average molecular weight is 433 g/mol. The molecular weight excluding hydrogens is 404 g/mol. The number of aliphatic carboxylic acids is 1. The molecular formula is C27H28O3S. The van der Waals surface area contributed by atoms with Crippen molar-refractivity contribution in [2.45, 2.75) is 33.6 Å². The second-order valence-electron chi connectivity index (χ2n) is 7.35. The number of allylic oxidation sites excluding steroid dienone is 2. The Bertz CT molecular complexity index is 1090. The van der Waals surface area contributed by atoms with Crippen LogP contribution in [0.5, 0.6) is 5.75 Å². The van der Waals surface area contributed by atoms with Gasteiger partial charge in [0.15, 0.2) is 0 Å². The minimum absolute atomic E-state index is 0.647. The number of ether oxygens (including phenoxy) is 1. The molecule has 4 heteroatoms. The maximum absolute atomic E-state index is 10.9. The summed E-state index contributed by atoms with van der Waals surface area (Å²) in [6.07, 6.45) is 6.90. The van der Waals surface area contributed by atoms with Crippen LogP contribution in [0, 0.1) is 0 Å². The smallest absolute Gasteiger partial charge is 0.328 e. The van der Waals surface area contributed by atoms with Crippen molar-refractivity contribution < 1.29 is 14.6 Å². The van der Waals surface area contributed by atoms with E-state index in [0.29, 0.717) is 12.2 Å². The molecule has 0 radical (unpaired) electrons. The number of hydrogen-bond donors (Lipinski definition) is 1. The van der Waals surface area contributed by atoms with Gasteiger partial charge < -0.3 is 9.84 Å². The maximum atomic E-state index is 10.9. The Labute approximate surface area is 188 Å². The van der Waals surface area contributed by atoms with Crippen LogP contribution in [-0.4, -0.2) is 17.7 Å². The Kier molecular flexibility index (Phi) is 7.85. The molecule has 0 saturated heterocycles. The molecule has 1 N–H and O–H groups in total. The molecule has 1 aromatic heterocycles. The first-order valence-electron chi connectivity index (χ1n) is 10.6. The monoisotopic (exact) mass is 432 g/mol. The van der Waals surface area contributed by atoms with Gasteiger partial charge in [0.2, 0.25) is 0 Å². The minimum Gasteiger partial charge on any atom is -0.492 e. The summed E-state index contributed by atoms with van der Waals surface area (Å²) >= 11 is 1.64. The fourth-order valence-corrected chi connectivity index (χ4v) is 4.21. The highest BCUT2D eigenvalue weighted by molar-refractivity contribution is 7.11. The van der Waals surface area contributed by atoms with Crippen molar-refractivity contribution in [2.24, 2.45) is 0 Å². The van der Waals surface area contributed by atoms with Crippen LogP contribution in [0.3, 0.4) is 0 Å². The van der Waals surface area contributed by atoms with Gasteiger partial charge in [-0.25, -0.2) is 4.79 Å². The standard InChI is InChI=1S/C27H28O3S/c1-4-14-30-27-23(21-9-7-6-8-10-21)17-20(5-2)18-24(27)22-13-15-31-25(22)12-11-19(3)16-26(28)29/h6-13,15-18H,4-5,14H2,1-3H3,(H,28,29)/b12-11+,19-16+. The van der Waals surface area contributed by atoms with Gasteiger partial charge in [-0.05, 0) is 66.1 Å². The molecule has 3 rings (SSSR count). The molecule has 0 fully saturated rings. The summed E-state index contributed by atoms with van der Waals surface area (Å²) in [5.41, 5.74) is 6.36. The van der Waals surface area contributed by atoms with E-state index in [1.807, 2.05) is 30.4 Å².